The second-order valence-electron chi connectivity index (χ2n) is 5.03. The second-order valence-corrected chi connectivity index (χ2v) is 6.37. The monoisotopic (exact) mass is 274 g/mol. The molecule has 0 fully saturated rings. The zero-order valence-corrected chi connectivity index (χ0v) is 12.5. The van der Waals surface area contributed by atoms with E-state index in [2.05, 4.69) is 49.5 Å². The predicted octanol–water partition coefficient (Wildman–Crippen LogP) is 3.02. The average Bonchev–Trinajstić information content (AvgIpc) is 2.70. The lowest BCUT2D eigenvalue weighted by Crippen LogP contribution is -2.35. The Balaban J connectivity index is 1.73. The fourth-order valence-corrected chi connectivity index (χ4v) is 3.13. The van der Waals surface area contributed by atoms with Crippen LogP contribution in [0.5, 0.6) is 0 Å². The standard InChI is InChI=1S/C16H22N2S/c1-12-8-16(19-13(12)2)11-18-10-15(17)9-14-6-4-3-5-7-14/h3-8,15,18H,9-11,17H2,1-2H3. The Bertz CT molecular complexity index is 485. The maximum Gasteiger partial charge on any atom is 0.0300 e. The van der Waals surface area contributed by atoms with Crippen molar-refractivity contribution in [3.05, 3.63) is 57.3 Å². The Morgan fingerprint density at radius 2 is 1.95 bits per heavy atom. The van der Waals surface area contributed by atoms with Crippen LogP contribution in [0.2, 0.25) is 0 Å². The molecule has 2 rings (SSSR count). The van der Waals surface area contributed by atoms with Crippen molar-refractivity contribution < 1.29 is 0 Å². The summed E-state index contributed by atoms with van der Waals surface area (Å²) < 4.78 is 0. The number of aryl methyl sites for hydroxylation is 2. The fraction of sp³-hybridized carbons (Fsp3) is 0.375. The Labute approximate surface area is 119 Å². The minimum Gasteiger partial charge on any atom is -0.326 e. The van der Waals surface area contributed by atoms with Gasteiger partial charge in [-0.1, -0.05) is 30.3 Å². The van der Waals surface area contributed by atoms with Crippen molar-refractivity contribution in [2.75, 3.05) is 6.54 Å². The van der Waals surface area contributed by atoms with Crippen molar-refractivity contribution in [2.24, 2.45) is 5.73 Å². The van der Waals surface area contributed by atoms with Crippen molar-refractivity contribution in [1.29, 1.82) is 0 Å². The van der Waals surface area contributed by atoms with Crippen molar-refractivity contribution in [3.63, 3.8) is 0 Å². The van der Waals surface area contributed by atoms with Crippen molar-refractivity contribution >= 4 is 11.3 Å². The predicted molar refractivity (Wildman–Crippen MR) is 83.6 cm³/mol. The average molecular weight is 274 g/mol. The fourth-order valence-electron chi connectivity index (χ4n) is 2.11. The van der Waals surface area contributed by atoms with Gasteiger partial charge in [0.25, 0.3) is 0 Å². The highest BCUT2D eigenvalue weighted by Gasteiger charge is 2.05. The lowest BCUT2D eigenvalue weighted by Gasteiger charge is -2.12. The van der Waals surface area contributed by atoms with E-state index in [0.717, 1.165) is 19.5 Å². The highest BCUT2D eigenvalue weighted by atomic mass is 32.1. The Hall–Kier alpha value is -1.16. The molecule has 2 aromatic rings. The minimum absolute atomic E-state index is 0.171. The van der Waals surface area contributed by atoms with Gasteiger partial charge in [0.15, 0.2) is 0 Å². The molecule has 102 valence electrons. The molecule has 0 aliphatic carbocycles. The van der Waals surface area contributed by atoms with Crippen LogP contribution in [0.1, 0.15) is 20.9 Å². The van der Waals surface area contributed by atoms with Crippen molar-refractivity contribution in [2.45, 2.75) is 32.9 Å². The molecule has 2 nitrogen and oxygen atoms in total. The van der Waals surface area contributed by atoms with E-state index >= 15 is 0 Å². The summed E-state index contributed by atoms with van der Waals surface area (Å²) >= 11 is 1.87. The molecule has 0 bridgehead atoms. The molecule has 0 saturated heterocycles. The summed E-state index contributed by atoms with van der Waals surface area (Å²) in [7, 11) is 0. The summed E-state index contributed by atoms with van der Waals surface area (Å²) in [6.07, 6.45) is 0.927. The normalized spacial score (nSPS) is 12.6. The quantitative estimate of drug-likeness (QED) is 0.850. The third-order valence-corrected chi connectivity index (χ3v) is 4.42. The number of hydrogen-bond acceptors (Lipinski definition) is 3. The molecule has 0 amide bonds. The van der Waals surface area contributed by atoms with Crippen LogP contribution >= 0.6 is 11.3 Å². The van der Waals surface area contributed by atoms with E-state index in [0.29, 0.717) is 0 Å². The lowest BCUT2D eigenvalue weighted by molar-refractivity contribution is 0.576. The molecule has 1 aromatic heterocycles. The molecule has 0 aliphatic heterocycles. The van der Waals surface area contributed by atoms with Crippen LogP contribution in [0.15, 0.2) is 36.4 Å². The van der Waals surface area contributed by atoms with Gasteiger partial charge in [-0.15, -0.1) is 11.3 Å². The number of thiophene rings is 1. The van der Waals surface area contributed by atoms with Gasteiger partial charge < -0.3 is 11.1 Å². The molecule has 0 saturated carbocycles. The summed E-state index contributed by atoms with van der Waals surface area (Å²) in [5.41, 5.74) is 8.84. The smallest absolute Gasteiger partial charge is 0.0300 e. The molecule has 1 unspecified atom stereocenters. The van der Waals surface area contributed by atoms with Gasteiger partial charge in [0.2, 0.25) is 0 Å². The number of benzene rings is 1. The minimum atomic E-state index is 0.171. The molecule has 1 heterocycles. The van der Waals surface area contributed by atoms with Gasteiger partial charge in [0, 0.05) is 28.9 Å². The van der Waals surface area contributed by atoms with Crippen molar-refractivity contribution in [3.8, 4) is 0 Å². The molecule has 3 heteroatoms. The maximum atomic E-state index is 6.15. The largest absolute Gasteiger partial charge is 0.326 e. The first-order valence-corrected chi connectivity index (χ1v) is 7.53. The molecular formula is C16H22N2S. The van der Waals surface area contributed by atoms with Gasteiger partial charge in [0.1, 0.15) is 0 Å². The molecule has 3 N–H and O–H groups in total. The lowest BCUT2D eigenvalue weighted by atomic mass is 10.1. The van der Waals surface area contributed by atoms with Gasteiger partial charge >= 0.3 is 0 Å². The molecular weight excluding hydrogens is 252 g/mol. The maximum absolute atomic E-state index is 6.15. The molecule has 0 radical (unpaired) electrons. The zero-order valence-electron chi connectivity index (χ0n) is 11.6. The third-order valence-electron chi connectivity index (χ3n) is 3.26. The Morgan fingerprint density at radius 3 is 2.58 bits per heavy atom. The van der Waals surface area contributed by atoms with E-state index < -0.39 is 0 Å². The van der Waals surface area contributed by atoms with E-state index in [-0.39, 0.29) is 6.04 Å². The molecule has 19 heavy (non-hydrogen) atoms. The SMILES string of the molecule is Cc1cc(CNCC(N)Cc2ccccc2)sc1C. The molecule has 1 atom stereocenters. The summed E-state index contributed by atoms with van der Waals surface area (Å²) in [4.78, 5) is 2.80. The summed E-state index contributed by atoms with van der Waals surface area (Å²) in [6.45, 7) is 6.10. The van der Waals surface area contributed by atoms with Crippen LogP contribution in [0.3, 0.4) is 0 Å². The number of nitrogens with two attached hydrogens (primary N) is 1. The molecule has 0 spiro atoms. The van der Waals surface area contributed by atoms with E-state index in [1.165, 1.54) is 20.9 Å². The summed E-state index contributed by atoms with van der Waals surface area (Å²) in [5.74, 6) is 0. The van der Waals surface area contributed by atoms with Gasteiger partial charge in [-0.25, -0.2) is 0 Å². The highest BCUT2D eigenvalue weighted by molar-refractivity contribution is 7.12. The van der Waals surface area contributed by atoms with Crippen LogP contribution in [0.4, 0.5) is 0 Å². The van der Waals surface area contributed by atoms with Gasteiger partial charge in [-0.05, 0) is 37.5 Å². The van der Waals surface area contributed by atoms with E-state index in [4.69, 9.17) is 5.73 Å². The number of hydrogen-bond donors (Lipinski definition) is 2. The topological polar surface area (TPSA) is 38.0 Å². The first-order valence-electron chi connectivity index (χ1n) is 6.71. The van der Waals surface area contributed by atoms with Crippen LogP contribution in [-0.4, -0.2) is 12.6 Å². The number of rotatable bonds is 6. The highest BCUT2D eigenvalue weighted by Crippen LogP contribution is 2.20. The van der Waals surface area contributed by atoms with E-state index in [1.807, 2.05) is 17.4 Å². The van der Waals surface area contributed by atoms with Crippen LogP contribution in [0, 0.1) is 13.8 Å². The van der Waals surface area contributed by atoms with E-state index in [9.17, 15) is 0 Å². The van der Waals surface area contributed by atoms with Crippen LogP contribution in [0.25, 0.3) is 0 Å². The van der Waals surface area contributed by atoms with Crippen molar-refractivity contribution in [1.82, 2.24) is 5.32 Å². The van der Waals surface area contributed by atoms with Gasteiger partial charge in [-0.3, -0.25) is 0 Å². The Kier molecular flexibility index (Phi) is 5.14. The Morgan fingerprint density at radius 1 is 1.21 bits per heavy atom. The third kappa shape index (κ3) is 4.46. The second kappa shape index (κ2) is 6.85. The van der Waals surface area contributed by atoms with Gasteiger partial charge in [-0.2, -0.15) is 0 Å². The summed E-state index contributed by atoms with van der Waals surface area (Å²) in [5, 5.41) is 3.45. The first-order chi connectivity index (χ1) is 9.15. The van der Waals surface area contributed by atoms with E-state index in [1.54, 1.807) is 0 Å². The van der Waals surface area contributed by atoms with Gasteiger partial charge in [0.05, 0.1) is 0 Å². The first kappa shape index (κ1) is 14.3. The zero-order chi connectivity index (χ0) is 13.7. The molecule has 0 aliphatic rings. The molecule has 1 aromatic carbocycles. The van der Waals surface area contributed by atoms with Crippen LogP contribution < -0.4 is 11.1 Å². The van der Waals surface area contributed by atoms with Crippen LogP contribution in [-0.2, 0) is 13.0 Å². The summed E-state index contributed by atoms with van der Waals surface area (Å²) in [6, 6.07) is 12.9. The number of nitrogens with one attached hydrogen (secondary N) is 1.